The van der Waals surface area contributed by atoms with Gasteiger partial charge in [0.1, 0.15) is 0 Å². The van der Waals surface area contributed by atoms with E-state index in [9.17, 15) is 0 Å². The van der Waals surface area contributed by atoms with Crippen molar-refractivity contribution in [2.24, 2.45) is 0 Å². The van der Waals surface area contributed by atoms with Crippen LogP contribution in [0.2, 0.25) is 0 Å². The Balaban J connectivity index is 1.06. The normalized spacial score (nSPS) is 11.9. The lowest BCUT2D eigenvalue weighted by Gasteiger charge is -2.10. The third-order valence-corrected chi connectivity index (χ3v) is 13.5. The van der Waals surface area contributed by atoms with Crippen LogP contribution in [0, 0.1) is 0 Å². The van der Waals surface area contributed by atoms with Gasteiger partial charge in [0, 0.05) is 63.1 Å². The zero-order valence-electron chi connectivity index (χ0n) is 30.4. The van der Waals surface area contributed by atoms with Crippen LogP contribution in [0.25, 0.3) is 113 Å². The maximum Gasteiger partial charge on any atom is 0.164 e. The Kier molecular flexibility index (Phi) is 7.24. The van der Waals surface area contributed by atoms with Crippen LogP contribution in [0.1, 0.15) is 0 Å². The van der Waals surface area contributed by atoms with Crippen LogP contribution < -0.4 is 0 Å². The van der Waals surface area contributed by atoms with Gasteiger partial charge in [-0.05, 0) is 47.5 Å². The van der Waals surface area contributed by atoms with Gasteiger partial charge in [0.25, 0.3) is 0 Å². The SMILES string of the molecule is c1ccc(-c2nc(-c3ccccc3)nc(-c3cccc4sc5ccc(-c6cccc7c6sc6c(-n8c9ccccc9c9ccccc98)cccc67)cc5c34)n2)cc1. The van der Waals surface area contributed by atoms with E-state index in [4.69, 9.17) is 15.0 Å². The van der Waals surface area contributed by atoms with E-state index < -0.39 is 0 Å². The number of hydrogen-bond donors (Lipinski definition) is 0. The predicted octanol–water partition coefficient (Wildman–Crippen LogP) is 14.4. The molecule has 266 valence electrons. The lowest BCUT2D eigenvalue weighted by Crippen LogP contribution is -2.00. The number of thiophene rings is 2. The number of hydrogen-bond acceptors (Lipinski definition) is 5. The van der Waals surface area contributed by atoms with Gasteiger partial charge in [-0.2, -0.15) is 0 Å². The smallest absolute Gasteiger partial charge is 0.164 e. The maximum absolute atomic E-state index is 5.13. The van der Waals surface area contributed by atoms with Crippen molar-refractivity contribution in [1.82, 2.24) is 19.5 Å². The zero-order chi connectivity index (χ0) is 37.5. The largest absolute Gasteiger partial charge is 0.308 e. The first-order valence-corrected chi connectivity index (χ1v) is 20.7. The first-order chi connectivity index (χ1) is 28.3. The van der Waals surface area contributed by atoms with Crippen molar-refractivity contribution >= 4 is 84.8 Å². The molecular formula is C51H30N4S2. The fourth-order valence-electron chi connectivity index (χ4n) is 8.50. The lowest BCUT2D eigenvalue weighted by molar-refractivity contribution is 1.08. The number of nitrogens with zero attached hydrogens (tertiary/aromatic N) is 4. The van der Waals surface area contributed by atoms with Crippen molar-refractivity contribution < 1.29 is 0 Å². The average molecular weight is 763 g/mol. The van der Waals surface area contributed by atoms with E-state index in [1.165, 1.54) is 79.0 Å². The molecule has 0 saturated carbocycles. The summed E-state index contributed by atoms with van der Waals surface area (Å²) in [5.41, 5.74) is 9.00. The standard InChI is InChI=1S/C51H30N4S2/c1-3-14-31(15-4-1)49-52-50(32-16-5-2-6-17-32)54-51(53-49)39-23-13-27-45-46(39)40-30-33(28-29-44(40)56-45)34-20-11-21-37-38-22-12-26-43(48(38)57-47(34)37)55-41-24-9-7-18-35(41)36-19-8-10-25-42(36)55/h1-30H. The van der Waals surface area contributed by atoms with Crippen LogP contribution in [-0.2, 0) is 0 Å². The summed E-state index contributed by atoms with van der Waals surface area (Å²) in [6, 6.07) is 64.8. The molecule has 0 bridgehead atoms. The molecule has 4 nitrogen and oxygen atoms in total. The Labute approximate surface area is 335 Å². The number of fused-ring (bicyclic) bond motifs is 9. The third-order valence-electron chi connectivity index (χ3n) is 11.1. The molecule has 0 aliphatic heterocycles. The molecule has 4 heterocycles. The molecule has 6 heteroatoms. The molecule has 12 aromatic rings. The minimum Gasteiger partial charge on any atom is -0.308 e. The van der Waals surface area contributed by atoms with E-state index in [1.54, 1.807) is 0 Å². The van der Waals surface area contributed by atoms with Crippen molar-refractivity contribution in [2.75, 3.05) is 0 Å². The van der Waals surface area contributed by atoms with Gasteiger partial charge in [-0.1, -0.05) is 146 Å². The van der Waals surface area contributed by atoms with Gasteiger partial charge in [0.2, 0.25) is 0 Å². The quantitative estimate of drug-likeness (QED) is 0.175. The lowest BCUT2D eigenvalue weighted by atomic mass is 9.99. The molecular weight excluding hydrogens is 733 g/mol. The molecule has 0 saturated heterocycles. The van der Waals surface area contributed by atoms with Gasteiger partial charge in [-0.15, -0.1) is 22.7 Å². The van der Waals surface area contributed by atoms with Crippen LogP contribution in [0.3, 0.4) is 0 Å². The van der Waals surface area contributed by atoms with Crippen molar-refractivity contribution in [1.29, 1.82) is 0 Å². The second-order valence-corrected chi connectivity index (χ2v) is 16.4. The fourth-order valence-corrected chi connectivity index (χ4v) is 11.0. The van der Waals surface area contributed by atoms with Gasteiger partial charge in [-0.25, -0.2) is 15.0 Å². The Morgan fingerprint density at radius 2 is 0.912 bits per heavy atom. The molecule has 0 N–H and O–H groups in total. The van der Waals surface area contributed by atoms with Gasteiger partial charge in [-0.3, -0.25) is 0 Å². The highest BCUT2D eigenvalue weighted by Crippen LogP contribution is 2.46. The summed E-state index contributed by atoms with van der Waals surface area (Å²) in [5, 5.41) is 7.47. The van der Waals surface area contributed by atoms with Gasteiger partial charge >= 0.3 is 0 Å². The molecule has 0 unspecified atom stereocenters. The minimum atomic E-state index is 0.661. The molecule has 0 aliphatic rings. The Morgan fingerprint density at radius 1 is 0.351 bits per heavy atom. The summed E-state index contributed by atoms with van der Waals surface area (Å²) in [4.78, 5) is 15.2. The van der Waals surface area contributed by atoms with E-state index in [2.05, 4.69) is 150 Å². The second-order valence-electron chi connectivity index (χ2n) is 14.3. The summed E-state index contributed by atoms with van der Waals surface area (Å²) in [6.45, 7) is 0. The molecule has 0 atom stereocenters. The molecule has 0 spiro atoms. The second kappa shape index (κ2) is 12.8. The molecule has 57 heavy (non-hydrogen) atoms. The number of benzene rings is 8. The van der Waals surface area contributed by atoms with Crippen LogP contribution in [0.15, 0.2) is 182 Å². The molecule has 12 rings (SSSR count). The summed E-state index contributed by atoms with van der Waals surface area (Å²) >= 11 is 3.70. The van der Waals surface area contributed by atoms with Crippen molar-refractivity contribution in [2.45, 2.75) is 0 Å². The molecule has 0 amide bonds. The first-order valence-electron chi connectivity index (χ1n) is 19.0. The van der Waals surface area contributed by atoms with Crippen LogP contribution in [0.4, 0.5) is 0 Å². The summed E-state index contributed by atoms with van der Waals surface area (Å²) in [6.07, 6.45) is 0. The Bertz CT molecular complexity index is 3410. The summed E-state index contributed by atoms with van der Waals surface area (Å²) in [7, 11) is 0. The van der Waals surface area contributed by atoms with Crippen LogP contribution in [-0.4, -0.2) is 19.5 Å². The molecule has 8 aromatic carbocycles. The molecule has 0 aliphatic carbocycles. The Hall–Kier alpha value is -6.99. The van der Waals surface area contributed by atoms with Gasteiger partial charge in [0.15, 0.2) is 17.5 Å². The van der Waals surface area contributed by atoms with Crippen LogP contribution >= 0.6 is 22.7 Å². The fraction of sp³-hybridized carbons (Fsp3) is 0. The first kappa shape index (κ1) is 32.3. The third kappa shape index (κ3) is 5.08. The van der Waals surface area contributed by atoms with E-state index in [-0.39, 0.29) is 0 Å². The highest BCUT2D eigenvalue weighted by Gasteiger charge is 2.20. The molecule has 0 radical (unpaired) electrons. The number of rotatable bonds is 5. The van der Waals surface area contributed by atoms with E-state index >= 15 is 0 Å². The minimum absolute atomic E-state index is 0.661. The van der Waals surface area contributed by atoms with Crippen molar-refractivity contribution in [3.8, 4) is 51.0 Å². The van der Waals surface area contributed by atoms with Crippen molar-refractivity contribution in [3.05, 3.63) is 182 Å². The topological polar surface area (TPSA) is 43.6 Å². The summed E-state index contributed by atoms with van der Waals surface area (Å²) < 4.78 is 7.46. The van der Waals surface area contributed by atoms with Gasteiger partial charge < -0.3 is 4.57 Å². The zero-order valence-corrected chi connectivity index (χ0v) is 32.1. The highest BCUT2D eigenvalue weighted by molar-refractivity contribution is 7.27. The predicted molar refractivity (Wildman–Crippen MR) is 242 cm³/mol. The molecule has 4 aromatic heterocycles. The number of para-hydroxylation sites is 2. The van der Waals surface area contributed by atoms with Crippen LogP contribution in [0.5, 0.6) is 0 Å². The average Bonchev–Trinajstić information content (AvgIpc) is 3.96. The van der Waals surface area contributed by atoms with E-state index in [0.717, 1.165) is 16.7 Å². The molecule has 0 fully saturated rings. The van der Waals surface area contributed by atoms with E-state index in [1.807, 2.05) is 59.1 Å². The van der Waals surface area contributed by atoms with Gasteiger partial charge in [0.05, 0.1) is 21.4 Å². The monoisotopic (exact) mass is 762 g/mol. The number of aromatic nitrogens is 4. The Morgan fingerprint density at radius 3 is 1.61 bits per heavy atom. The maximum atomic E-state index is 5.13. The van der Waals surface area contributed by atoms with Crippen molar-refractivity contribution in [3.63, 3.8) is 0 Å². The van der Waals surface area contributed by atoms with E-state index in [0.29, 0.717) is 17.5 Å². The highest BCUT2D eigenvalue weighted by atomic mass is 32.1. The summed E-state index contributed by atoms with van der Waals surface area (Å²) in [5.74, 6) is 1.99.